The van der Waals surface area contributed by atoms with Gasteiger partial charge in [-0.3, -0.25) is 14.9 Å². The molecular weight excluding hydrogens is 358 g/mol. The normalized spacial score (nSPS) is 19.5. The second-order valence-corrected chi connectivity index (χ2v) is 6.79. The Hall–Kier alpha value is -2.97. The fourth-order valence-corrected chi connectivity index (χ4v) is 3.26. The first-order valence-corrected chi connectivity index (χ1v) is 9.28. The van der Waals surface area contributed by atoms with Gasteiger partial charge in [-0.2, -0.15) is 5.10 Å². The molecule has 2 N–H and O–H groups in total. The van der Waals surface area contributed by atoms with Crippen LogP contribution >= 0.6 is 0 Å². The number of ether oxygens (including phenoxy) is 2. The maximum atomic E-state index is 12.7. The van der Waals surface area contributed by atoms with Crippen LogP contribution in [-0.2, 0) is 23.1 Å². The summed E-state index contributed by atoms with van der Waals surface area (Å²) in [7, 11) is 1.94. The molecule has 1 aliphatic rings. The lowest BCUT2D eigenvalue weighted by Gasteiger charge is -2.31. The molecule has 0 spiro atoms. The van der Waals surface area contributed by atoms with E-state index in [1.54, 1.807) is 12.3 Å². The number of hydrogen-bond donors (Lipinski definition) is 2. The summed E-state index contributed by atoms with van der Waals surface area (Å²) in [6, 6.07) is 11.2. The molecule has 0 aliphatic carbocycles. The van der Waals surface area contributed by atoms with Gasteiger partial charge in [0.15, 0.2) is 0 Å². The summed E-state index contributed by atoms with van der Waals surface area (Å²) in [5.41, 5.74) is 2.94. The molecule has 0 saturated carbocycles. The van der Waals surface area contributed by atoms with Gasteiger partial charge in [0.2, 0.25) is 0 Å². The van der Waals surface area contributed by atoms with Crippen molar-refractivity contribution in [2.24, 2.45) is 7.05 Å². The summed E-state index contributed by atoms with van der Waals surface area (Å²) in [5, 5.41) is 10.1. The summed E-state index contributed by atoms with van der Waals surface area (Å²) >= 11 is 0. The van der Waals surface area contributed by atoms with Crippen molar-refractivity contribution in [3.63, 3.8) is 0 Å². The Bertz CT molecular complexity index is 921. The van der Waals surface area contributed by atoms with Gasteiger partial charge >= 0.3 is 0 Å². The summed E-state index contributed by atoms with van der Waals surface area (Å²) in [6.07, 6.45) is 4.14. The van der Waals surface area contributed by atoms with Gasteiger partial charge < -0.3 is 19.4 Å². The van der Waals surface area contributed by atoms with Gasteiger partial charge in [0.05, 0.1) is 30.6 Å². The van der Waals surface area contributed by atoms with Crippen LogP contribution < -0.4 is 5.32 Å². The molecule has 2 atom stereocenters. The molecule has 0 radical (unpaired) electrons. The Morgan fingerprint density at radius 1 is 1.39 bits per heavy atom. The van der Waals surface area contributed by atoms with Crippen molar-refractivity contribution in [2.45, 2.75) is 25.2 Å². The van der Waals surface area contributed by atoms with Crippen molar-refractivity contribution in [1.82, 2.24) is 25.1 Å². The van der Waals surface area contributed by atoms with Crippen molar-refractivity contribution < 1.29 is 14.3 Å². The quantitative estimate of drug-likeness (QED) is 0.680. The lowest BCUT2D eigenvalue weighted by molar-refractivity contribution is -0.0743. The number of amides is 1. The zero-order chi connectivity index (χ0) is 19.3. The van der Waals surface area contributed by atoms with Crippen LogP contribution in [0.4, 0.5) is 0 Å². The molecule has 1 saturated heterocycles. The highest BCUT2D eigenvalue weighted by molar-refractivity contribution is 5.93. The standard InChI is InChI=1S/C20H23N5O3/c1-25-9-4-6-18(25)16-11-17(24-23-16)20(26)22-15-7-10-27-13-19(15)28-12-14-5-2-3-8-21-14/h2-6,8-9,11,15,19H,7,10,12-13H2,1H3,(H,22,26)(H,23,24)/t15-,19-/m1/s1. The zero-order valence-corrected chi connectivity index (χ0v) is 15.7. The molecule has 0 unspecified atom stereocenters. The van der Waals surface area contributed by atoms with Crippen molar-refractivity contribution in [3.8, 4) is 11.4 Å². The Balaban J connectivity index is 1.39. The molecule has 1 fully saturated rings. The maximum absolute atomic E-state index is 12.7. The highest BCUT2D eigenvalue weighted by Gasteiger charge is 2.29. The van der Waals surface area contributed by atoms with E-state index in [0.717, 1.165) is 17.1 Å². The Labute approximate surface area is 162 Å². The lowest BCUT2D eigenvalue weighted by atomic mass is 10.1. The fourth-order valence-electron chi connectivity index (χ4n) is 3.26. The number of aromatic amines is 1. The zero-order valence-electron chi connectivity index (χ0n) is 15.7. The molecular formula is C20H23N5O3. The second kappa shape index (κ2) is 8.37. The third-order valence-corrected chi connectivity index (χ3v) is 4.82. The Kier molecular flexibility index (Phi) is 5.50. The van der Waals surface area contributed by atoms with Gasteiger partial charge in [-0.15, -0.1) is 0 Å². The smallest absolute Gasteiger partial charge is 0.269 e. The van der Waals surface area contributed by atoms with Gasteiger partial charge in [0.25, 0.3) is 5.91 Å². The number of carbonyl (C=O) groups excluding carboxylic acids is 1. The molecule has 1 aliphatic heterocycles. The van der Waals surface area contributed by atoms with Gasteiger partial charge in [0, 0.05) is 26.0 Å². The van der Waals surface area contributed by atoms with Crippen molar-refractivity contribution in [3.05, 3.63) is 60.2 Å². The molecule has 0 bridgehead atoms. The first-order chi connectivity index (χ1) is 13.7. The highest BCUT2D eigenvalue weighted by atomic mass is 16.5. The second-order valence-electron chi connectivity index (χ2n) is 6.79. The number of hydrogen-bond acceptors (Lipinski definition) is 5. The first-order valence-electron chi connectivity index (χ1n) is 9.28. The molecule has 3 aromatic rings. The van der Waals surface area contributed by atoms with E-state index in [0.29, 0.717) is 31.9 Å². The number of aromatic nitrogens is 4. The highest BCUT2D eigenvalue weighted by Crippen LogP contribution is 2.18. The fraction of sp³-hybridized carbons (Fsp3) is 0.350. The van der Waals surface area contributed by atoms with Crippen molar-refractivity contribution >= 4 is 5.91 Å². The molecule has 1 amide bonds. The van der Waals surface area contributed by atoms with E-state index in [4.69, 9.17) is 9.47 Å². The van der Waals surface area contributed by atoms with Crippen LogP contribution in [0.2, 0.25) is 0 Å². The minimum Gasteiger partial charge on any atom is -0.379 e. The molecule has 8 nitrogen and oxygen atoms in total. The van der Waals surface area contributed by atoms with E-state index in [9.17, 15) is 4.79 Å². The molecule has 4 rings (SSSR count). The summed E-state index contributed by atoms with van der Waals surface area (Å²) in [5.74, 6) is -0.203. The van der Waals surface area contributed by atoms with Crippen molar-refractivity contribution in [1.29, 1.82) is 0 Å². The van der Waals surface area contributed by atoms with Crippen LogP contribution in [0.25, 0.3) is 11.4 Å². The Morgan fingerprint density at radius 2 is 2.32 bits per heavy atom. The monoisotopic (exact) mass is 381 g/mol. The number of carbonyl (C=O) groups is 1. The topological polar surface area (TPSA) is 94.1 Å². The van der Waals surface area contributed by atoms with Crippen LogP contribution in [-0.4, -0.2) is 51.0 Å². The number of aryl methyl sites for hydroxylation is 1. The van der Waals surface area contributed by atoms with Crippen LogP contribution in [0.15, 0.2) is 48.8 Å². The number of H-pyrrole nitrogens is 1. The van der Waals surface area contributed by atoms with Gasteiger partial charge in [-0.25, -0.2) is 0 Å². The van der Waals surface area contributed by atoms with Gasteiger partial charge in [0.1, 0.15) is 17.5 Å². The van der Waals surface area contributed by atoms with Crippen molar-refractivity contribution in [2.75, 3.05) is 13.2 Å². The van der Waals surface area contributed by atoms with E-state index in [1.165, 1.54) is 0 Å². The van der Waals surface area contributed by atoms with Gasteiger partial charge in [-0.05, 0) is 36.8 Å². The average Bonchev–Trinajstić information content (AvgIpc) is 3.37. The summed E-state index contributed by atoms with van der Waals surface area (Å²) in [6.45, 7) is 1.41. The first kappa shape index (κ1) is 18.4. The van der Waals surface area contributed by atoms with E-state index in [1.807, 2.05) is 48.1 Å². The molecule has 8 heteroatoms. The number of rotatable bonds is 6. The lowest BCUT2D eigenvalue weighted by Crippen LogP contribution is -2.50. The predicted octanol–water partition coefficient (Wildman–Crippen LogP) is 1.91. The molecule has 0 aromatic carbocycles. The average molecular weight is 381 g/mol. The molecule has 4 heterocycles. The number of nitrogens with one attached hydrogen (secondary N) is 2. The Morgan fingerprint density at radius 3 is 3.11 bits per heavy atom. The number of pyridine rings is 1. The largest absolute Gasteiger partial charge is 0.379 e. The summed E-state index contributed by atoms with van der Waals surface area (Å²) in [4.78, 5) is 17.0. The summed E-state index contributed by atoms with van der Waals surface area (Å²) < 4.78 is 13.5. The van der Waals surface area contributed by atoms with Crippen LogP contribution in [0.5, 0.6) is 0 Å². The van der Waals surface area contributed by atoms with E-state index < -0.39 is 0 Å². The molecule has 146 valence electrons. The third kappa shape index (κ3) is 4.13. The van der Waals surface area contributed by atoms with E-state index >= 15 is 0 Å². The molecule has 3 aromatic heterocycles. The van der Waals surface area contributed by atoms with Crippen LogP contribution in [0.1, 0.15) is 22.6 Å². The predicted molar refractivity (Wildman–Crippen MR) is 102 cm³/mol. The third-order valence-electron chi connectivity index (χ3n) is 4.82. The SMILES string of the molecule is Cn1cccc1-c1cc(C(=O)N[C@@H]2CCOC[C@H]2OCc2ccccn2)[nH]n1. The maximum Gasteiger partial charge on any atom is 0.269 e. The number of nitrogens with zero attached hydrogens (tertiary/aromatic N) is 3. The molecule has 28 heavy (non-hydrogen) atoms. The van der Waals surface area contributed by atoms with Gasteiger partial charge in [-0.1, -0.05) is 6.07 Å². The minimum absolute atomic E-state index is 0.133. The van der Waals surface area contributed by atoms with Crippen LogP contribution in [0, 0.1) is 0 Å². The van der Waals surface area contributed by atoms with Crippen LogP contribution in [0.3, 0.4) is 0 Å². The minimum atomic E-state index is -0.227. The van der Waals surface area contributed by atoms with E-state index in [2.05, 4.69) is 20.5 Å². The van der Waals surface area contributed by atoms with E-state index in [-0.39, 0.29) is 18.1 Å².